The Hall–Kier alpha value is -0.880. The van der Waals surface area contributed by atoms with Gasteiger partial charge < -0.3 is 15.7 Å². The first-order chi connectivity index (χ1) is 9.63. The molecule has 1 aromatic heterocycles. The average Bonchev–Trinajstić information content (AvgIpc) is 2.46. The minimum Gasteiger partial charge on any atom is -0.391 e. The number of nitrogens with one attached hydrogen (secondary N) is 2. The minimum absolute atomic E-state index is 0.320. The molecule has 0 fully saturated rings. The van der Waals surface area contributed by atoms with Crippen molar-refractivity contribution in [2.24, 2.45) is 5.92 Å². The SMILES string of the molecule is CCCNc1ncnc(NCC(O)C(CC)CC)c1Br. The maximum absolute atomic E-state index is 10.1. The van der Waals surface area contributed by atoms with Gasteiger partial charge in [-0.05, 0) is 28.3 Å². The van der Waals surface area contributed by atoms with E-state index in [-0.39, 0.29) is 6.10 Å². The molecule has 1 rings (SSSR count). The van der Waals surface area contributed by atoms with Gasteiger partial charge in [-0.3, -0.25) is 0 Å². The molecular weight excluding hydrogens is 320 g/mol. The number of nitrogens with zero attached hydrogens (tertiary/aromatic N) is 2. The van der Waals surface area contributed by atoms with Crippen LogP contribution in [0.25, 0.3) is 0 Å². The van der Waals surface area contributed by atoms with Gasteiger partial charge in [-0.1, -0.05) is 33.6 Å². The molecule has 114 valence electrons. The van der Waals surface area contributed by atoms with E-state index in [0.717, 1.165) is 36.1 Å². The highest BCUT2D eigenvalue weighted by molar-refractivity contribution is 9.10. The van der Waals surface area contributed by atoms with Crippen molar-refractivity contribution in [2.45, 2.75) is 46.1 Å². The van der Waals surface area contributed by atoms with Crippen LogP contribution in [0.3, 0.4) is 0 Å². The maximum atomic E-state index is 10.1. The summed E-state index contributed by atoms with van der Waals surface area (Å²) in [5.74, 6) is 1.81. The summed E-state index contributed by atoms with van der Waals surface area (Å²) >= 11 is 3.50. The van der Waals surface area contributed by atoms with Crippen molar-refractivity contribution in [3.63, 3.8) is 0 Å². The third kappa shape index (κ3) is 4.90. The third-order valence-electron chi connectivity index (χ3n) is 3.40. The van der Waals surface area contributed by atoms with Crippen LogP contribution in [0.5, 0.6) is 0 Å². The van der Waals surface area contributed by atoms with Crippen LogP contribution in [0, 0.1) is 5.92 Å². The molecule has 3 N–H and O–H groups in total. The molecule has 0 aliphatic rings. The number of aliphatic hydroxyl groups excluding tert-OH is 1. The number of hydrogen-bond acceptors (Lipinski definition) is 5. The molecule has 0 bridgehead atoms. The Kier molecular flexibility index (Phi) is 7.84. The number of aromatic nitrogens is 2. The van der Waals surface area contributed by atoms with Gasteiger partial charge in [-0.25, -0.2) is 9.97 Å². The van der Waals surface area contributed by atoms with Crippen LogP contribution in [-0.4, -0.2) is 34.3 Å². The van der Waals surface area contributed by atoms with Crippen LogP contribution in [0.1, 0.15) is 40.0 Å². The van der Waals surface area contributed by atoms with Crippen LogP contribution in [-0.2, 0) is 0 Å². The summed E-state index contributed by atoms with van der Waals surface area (Å²) in [4.78, 5) is 8.41. The Morgan fingerprint density at radius 2 is 1.75 bits per heavy atom. The van der Waals surface area contributed by atoms with Gasteiger partial charge in [0.05, 0.1) is 6.10 Å². The molecule has 1 unspecified atom stereocenters. The van der Waals surface area contributed by atoms with Crippen LogP contribution in [0.4, 0.5) is 11.6 Å². The molecular formula is C14H25BrN4O. The normalized spacial score (nSPS) is 12.5. The first-order valence-electron chi connectivity index (χ1n) is 7.30. The molecule has 0 radical (unpaired) electrons. The summed E-state index contributed by atoms with van der Waals surface area (Å²) in [6.45, 7) is 7.67. The number of rotatable bonds is 9. The molecule has 1 heterocycles. The van der Waals surface area contributed by atoms with E-state index in [2.05, 4.69) is 57.3 Å². The predicted molar refractivity (Wildman–Crippen MR) is 87.1 cm³/mol. The second-order valence-corrected chi connectivity index (χ2v) is 5.63. The molecule has 0 saturated carbocycles. The molecule has 0 aromatic carbocycles. The summed E-state index contributed by atoms with van der Waals surface area (Å²) in [5.41, 5.74) is 0. The molecule has 20 heavy (non-hydrogen) atoms. The molecule has 1 atom stereocenters. The van der Waals surface area contributed by atoms with Crippen LogP contribution in [0.2, 0.25) is 0 Å². The Morgan fingerprint density at radius 3 is 2.30 bits per heavy atom. The lowest BCUT2D eigenvalue weighted by atomic mass is 9.97. The van der Waals surface area contributed by atoms with Crippen LogP contribution < -0.4 is 10.6 Å². The van der Waals surface area contributed by atoms with Crippen molar-refractivity contribution in [3.05, 3.63) is 10.8 Å². The van der Waals surface area contributed by atoms with E-state index < -0.39 is 0 Å². The first-order valence-corrected chi connectivity index (χ1v) is 8.09. The highest BCUT2D eigenvalue weighted by atomic mass is 79.9. The monoisotopic (exact) mass is 344 g/mol. The van der Waals surface area contributed by atoms with Gasteiger partial charge in [0.25, 0.3) is 0 Å². The second kappa shape index (κ2) is 9.13. The summed E-state index contributed by atoms with van der Waals surface area (Å²) < 4.78 is 0.810. The molecule has 5 nitrogen and oxygen atoms in total. The summed E-state index contributed by atoms with van der Waals surface area (Å²) in [6.07, 6.45) is 4.15. The van der Waals surface area contributed by atoms with Gasteiger partial charge in [0.2, 0.25) is 0 Å². The molecule has 1 aromatic rings. The van der Waals surface area contributed by atoms with Crippen molar-refractivity contribution in [2.75, 3.05) is 23.7 Å². The van der Waals surface area contributed by atoms with Crippen LogP contribution in [0.15, 0.2) is 10.8 Å². The molecule has 0 aliphatic carbocycles. The Balaban J connectivity index is 2.63. The van der Waals surface area contributed by atoms with Crippen molar-refractivity contribution < 1.29 is 5.11 Å². The van der Waals surface area contributed by atoms with Gasteiger partial charge in [0.15, 0.2) is 0 Å². The third-order valence-corrected chi connectivity index (χ3v) is 4.15. The topological polar surface area (TPSA) is 70.1 Å². The van der Waals surface area contributed by atoms with Crippen molar-refractivity contribution in [3.8, 4) is 0 Å². The van der Waals surface area contributed by atoms with E-state index >= 15 is 0 Å². The molecule has 6 heteroatoms. The first kappa shape index (κ1) is 17.2. The van der Waals surface area contributed by atoms with Crippen LogP contribution >= 0.6 is 15.9 Å². The number of aliphatic hydroxyl groups is 1. The van der Waals surface area contributed by atoms with E-state index in [0.29, 0.717) is 18.3 Å². The predicted octanol–water partition coefficient (Wildman–Crippen LogP) is 3.27. The zero-order valence-corrected chi connectivity index (χ0v) is 14.1. The lowest BCUT2D eigenvalue weighted by Crippen LogP contribution is -2.28. The fourth-order valence-corrected chi connectivity index (χ4v) is 2.55. The minimum atomic E-state index is -0.362. The van der Waals surface area contributed by atoms with Crippen molar-refractivity contribution >= 4 is 27.6 Å². The largest absolute Gasteiger partial charge is 0.391 e. The number of halogens is 1. The van der Waals surface area contributed by atoms with E-state index in [1.165, 1.54) is 6.33 Å². The highest BCUT2D eigenvalue weighted by Gasteiger charge is 2.16. The molecule has 0 spiro atoms. The van der Waals surface area contributed by atoms with Gasteiger partial charge in [0.1, 0.15) is 22.4 Å². The molecule has 0 aliphatic heterocycles. The summed E-state index contributed by atoms with van der Waals surface area (Å²) in [6, 6.07) is 0. The lowest BCUT2D eigenvalue weighted by Gasteiger charge is -2.21. The highest BCUT2D eigenvalue weighted by Crippen LogP contribution is 2.26. The maximum Gasteiger partial charge on any atom is 0.146 e. The second-order valence-electron chi connectivity index (χ2n) is 4.84. The van der Waals surface area contributed by atoms with Gasteiger partial charge in [-0.2, -0.15) is 0 Å². The Morgan fingerprint density at radius 1 is 1.15 bits per heavy atom. The quantitative estimate of drug-likeness (QED) is 0.641. The standard InChI is InChI=1S/C14H25BrN4O/c1-4-7-16-13-12(15)14(19-9-18-13)17-8-11(20)10(5-2)6-3/h9-11,20H,4-8H2,1-3H3,(H2,16,17,18,19). The van der Waals surface area contributed by atoms with E-state index in [9.17, 15) is 5.11 Å². The number of hydrogen-bond donors (Lipinski definition) is 3. The van der Waals surface area contributed by atoms with Crippen molar-refractivity contribution in [1.29, 1.82) is 0 Å². The fourth-order valence-electron chi connectivity index (χ4n) is 2.06. The average molecular weight is 345 g/mol. The molecule has 0 amide bonds. The zero-order valence-electron chi connectivity index (χ0n) is 12.5. The summed E-state index contributed by atoms with van der Waals surface area (Å²) in [5, 5.41) is 16.6. The number of anilines is 2. The lowest BCUT2D eigenvalue weighted by molar-refractivity contribution is 0.114. The zero-order chi connectivity index (χ0) is 15.0. The van der Waals surface area contributed by atoms with Gasteiger partial charge >= 0.3 is 0 Å². The Bertz CT molecular complexity index is 399. The van der Waals surface area contributed by atoms with Gasteiger partial charge in [0, 0.05) is 13.1 Å². The van der Waals surface area contributed by atoms with E-state index in [4.69, 9.17) is 0 Å². The molecule has 0 saturated heterocycles. The summed E-state index contributed by atoms with van der Waals surface area (Å²) in [7, 11) is 0. The smallest absolute Gasteiger partial charge is 0.146 e. The fraction of sp³-hybridized carbons (Fsp3) is 0.714. The van der Waals surface area contributed by atoms with E-state index in [1.54, 1.807) is 0 Å². The Labute approximate surface area is 129 Å². The van der Waals surface area contributed by atoms with E-state index in [1.807, 2.05) is 0 Å². The van der Waals surface area contributed by atoms with Gasteiger partial charge in [-0.15, -0.1) is 0 Å². The van der Waals surface area contributed by atoms with Crippen molar-refractivity contribution in [1.82, 2.24) is 9.97 Å².